The molecular weight excluding hydrogens is 200 g/mol. The molecule has 0 amide bonds. The Hall–Kier alpha value is -0.120. The first kappa shape index (κ1) is 15.9. The van der Waals surface area contributed by atoms with Crippen molar-refractivity contribution in [3.8, 4) is 0 Å². The van der Waals surface area contributed by atoms with Crippen molar-refractivity contribution in [1.29, 1.82) is 0 Å². The minimum Gasteiger partial charge on any atom is -0.383 e. The molecule has 0 radical (unpaired) electrons. The average molecular weight is 230 g/mol. The minimum absolute atomic E-state index is 0.0242. The van der Waals surface area contributed by atoms with E-state index in [9.17, 15) is 0 Å². The van der Waals surface area contributed by atoms with Crippen LogP contribution in [-0.4, -0.2) is 44.3 Å². The van der Waals surface area contributed by atoms with E-state index in [1.54, 1.807) is 7.11 Å². The van der Waals surface area contributed by atoms with Crippen LogP contribution in [0.3, 0.4) is 0 Å². The van der Waals surface area contributed by atoms with E-state index in [1.807, 2.05) is 0 Å². The summed E-state index contributed by atoms with van der Waals surface area (Å²) in [5, 5.41) is 0. The Labute approximate surface area is 101 Å². The summed E-state index contributed by atoms with van der Waals surface area (Å²) in [6.45, 7) is 11.4. The van der Waals surface area contributed by atoms with E-state index in [0.717, 1.165) is 12.5 Å². The van der Waals surface area contributed by atoms with Gasteiger partial charge in [-0.2, -0.15) is 0 Å². The minimum atomic E-state index is -0.0242. The Morgan fingerprint density at radius 2 is 1.81 bits per heavy atom. The molecule has 1 atom stereocenters. The molecule has 0 fully saturated rings. The average Bonchev–Trinajstić information content (AvgIpc) is 2.22. The molecule has 0 aliphatic heterocycles. The molecular formula is C13H30N2O. The molecule has 2 N–H and O–H groups in total. The summed E-state index contributed by atoms with van der Waals surface area (Å²) >= 11 is 0. The van der Waals surface area contributed by atoms with E-state index in [2.05, 4.69) is 39.6 Å². The molecule has 0 aliphatic carbocycles. The number of hydrogen-bond acceptors (Lipinski definition) is 3. The highest BCUT2D eigenvalue weighted by atomic mass is 16.5. The third-order valence-electron chi connectivity index (χ3n) is 3.62. The Bertz CT molecular complexity index is 183. The van der Waals surface area contributed by atoms with Crippen molar-refractivity contribution in [2.45, 2.75) is 39.7 Å². The topological polar surface area (TPSA) is 38.5 Å². The van der Waals surface area contributed by atoms with E-state index in [4.69, 9.17) is 10.5 Å². The van der Waals surface area contributed by atoms with Gasteiger partial charge in [0.2, 0.25) is 0 Å². The maximum Gasteiger partial charge on any atom is 0.0661 e. The molecule has 0 spiro atoms. The van der Waals surface area contributed by atoms with Crippen LogP contribution in [0.2, 0.25) is 0 Å². The number of nitrogens with two attached hydrogens (primary N) is 1. The lowest BCUT2D eigenvalue weighted by Crippen LogP contribution is -2.59. The molecule has 0 saturated carbocycles. The van der Waals surface area contributed by atoms with Gasteiger partial charge in [0.25, 0.3) is 0 Å². The van der Waals surface area contributed by atoms with Crippen molar-refractivity contribution < 1.29 is 4.74 Å². The number of nitrogens with zero attached hydrogens (tertiary/aromatic N) is 1. The van der Waals surface area contributed by atoms with Crippen LogP contribution in [0.1, 0.15) is 34.1 Å². The molecule has 0 aromatic heterocycles. The fourth-order valence-corrected chi connectivity index (χ4v) is 2.09. The molecule has 3 nitrogen and oxygen atoms in total. The molecule has 0 rings (SSSR count). The summed E-state index contributed by atoms with van der Waals surface area (Å²) in [5.41, 5.74) is 5.96. The van der Waals surface area contributed by atoms with Crippen molar-refractivity contribution >= 4 is 0 Å². The van der Waals surface area contributed by atoms with Crippen LogP contribution in [0.5, 0.6) is 0 Å². The van der Waals surface area contributed by atoms with E-state index in [1.165, 1.54) is 6.42 Å². The van der Waals surface area contributed by atoms with Gasteiger partial charge in [0.05, 0.1) is 12.1 Å². The Kier molecular flexibility index (Phi) is 7.20. The predicted octanol–water partition coefficient (Wildman–Crippen LogP) is 1.96. The fraction of sp³-hybridized carbons (Fsp3) is 1.00. The maximum absolute atomic E-state index is 5.98. The van der Waals surface area contributed by atoms with E-state index in [0.29, 0.717) is 19.1 Å². The number of rotatable bonds is 8. The standard InChI is InChI=1S/C13H30N2O/c1-11(2)7-8-15(5)13(9-14,10-16-6)12(3)4/h11-12H,7-10,14H2,1-6H3. The van der Waals surface area contributed by atoms with Crippen LogP contribution in [-0.2, 0) is 4.74 Å². The normalized spacial score (nSPS) is 16.1. The molecule has 0 saturated heterocycles. The monoisotopic (exact) mass is 230 g/mol. The molecule has 0 aromatic carbocycles. The summed E-state index contributed by atoms with van der Waals surface area (Å²) in [6, 6.07) is 0. The molecule has 0 bridgehead atoms. The van der Waals surface area contributed by atoms with Crippen molar-refractivity contribution in [2.75, 3.05) is 33.9 Å². The van der Waals surface area contributed by atoms with Gasteiger partial charge in [0.1, 0.15) is 0 Å². The zero-order valence-electron chi connectivity index (χ0n) is 11.9. The Morgan fingerprint density at radius 1 is 1.25 bits per heavy atom. The Balaban J connectivity index is 4.59. The number of hydrogen-bond donors (Lipinski definition) is 1. The SMILES string of the molecule is COCC(CN)(C(C)C)N(C)CCC(C)C. The van der Waals surface area contributed by atoms with E-state index in [-0.39, 0.29) is 5.54 Å². The number of likely N-dealkylation sites (N-methyl/N-ethyl adjacent to an activating group) is 1. The second kappa shape index (κ2) is 7.25. The van der Waals surface area contributed by atoms with Gasteiger partial charge in [-0.15, -0.1) is 0 Å². The summed E-state index contributed by atoms with van der Waals surface area (Å²) < 4.78 is 5.37. The third kappa shape index (κ3) is 4.04. The summed E-state index contributed by atoms with van der Waals surface area (Å²) in [6.07, 6.45) is 1.20. The van der Waals surface area contributed by atoms with Crippen molar-refractivity contribution in [3.05, 3.63) is 0 Å². The zero-order valence-corrected chi connectivity index (χ0v) is 11.9. The van der Waals surface area contributed by atoms with Crippen LogP contribution >= 0.6 is 0 Å². The second-order valence-corrected chi connectivity index (χ2v) is 5.50. The Morgan fingerprint density at radius 3 is 2.12 bits per heavy atom. The van der Waals surface area contributed by atoms with Gasteiger partial charge in [-0.25, -0.2) is 0 Å². The first-order valence-corrected chi connectivity index (χ1v) is 6.31. The zero-order chi connectivity index (χ0) is 12.8. The van der Waals surface area contributed by atoms with Gasteiger partial charge < -0.3 is 10.5 Å². The molecule has 16 heavy (non-hydrogen) atoms. The molecule has 98 valence electrons. The van der Waals surface area contributed by atoms with Gasteiger partial charge >= 0.3 is 0 Å². The number of methoxy groups -OCH3 is 1. The number of ether oxygens (including phenoxy) is 1. The highest BCUT2D eigenvalue weighted by molar-refractivity contribution is 4.93. The lowest BCUT2D eigenvalue weighted by molar-refractivity contribution is -0.00295. The first-order valence-electron chi connectivity index (χ1n) is 6.31. The van der Waals surface area contributed by atoms with Crippen molar-refractivity contribution in [2.24, 2.45) is 17.6 Å². The summed E-state index contributed by atoms with van der Waals surface area (Å²) in [7, 11) is 3.91. The largest absolute Gasteiger partial charge is 0.383 e. The van der Waals surface area contributed by atoms with Crippen LogP contribution < -0.4 is 5.73 Å². The van der Waals surface area contributed by atoms with E-state index >= 15 is 0 Å². The summed E-state index contributed by atoms with van der Waals surface area (Å²) in [5.74, 6) is 1.22. The van der Waals surface area contributed by atoms with Crippen LogP contribution in [0.4, 0.5) is 0 Å². The van der Waals surface area contributed by atoms with Crippen LogP contribution in [0.25, 0.3) is 0 Å². The first-order chi connectivity index (χ1) is 7.40. The van der Waals surface area contributed by atoms with Crippen molar-refractivity contribution in [1.82, 2.24) is 4.90 Å². The molecule has 3 heteroatoms. The van der Waals surface area contributed by atoms with Gasteiger partial charge in [0.15, 0.2) is 0 Å². The molecule has 1 unspecified atom stereocenters. The summed E-state index contributed by atoms with van der Waals surface area (Å²) in [4.78, 5) is 2.38. The highest BCUT2D eigenvalue weighted by Crippen LogP contribution is 2.24. The van der Waals surface area contributed by atoms with Crippen LogP contribution in [0.15, 0.2) is 0 Å². The van der Waals surface area contributed by atoms with E-state index < -0.39 is 0 Å². The second-order valence-electron chi connectivity index (χ2n) is 5.50. The molecule has 0 heterocycles. The van der Waals surface area contributed by atoms with Crippen molar-refractivity contribution in [3.63, 3.8) is 0 Å². The van der Waals surface area contributed by atoms with Crippen LogP contribution in [0, 0.1) is 11.8 Å². The van der Waals surface area contributed by atoms with Gasteiger partial charge in [-0.05, 0) is 31.8 Å². The quantitative estimate of drug-likeness (QED) is 0.693. The van der Waals surface area contributed by atoms with Gasteiger partial charge in [0, 0.05) is 13.7 Å². The highest BCUT2D eigenvalue weighted by Gasteiger charge is 2.36. The molecule has 0 aromatic rings. The smallest absolute Gasteiger partial charge is 0.0661 e. The predicted molar refractivity (Wildman–Crippen MR) is 70.6 cm³/mol. The van der Waals surface area contributed by atoms with Gasteiger partial charge in [-0.3, -0.25) is 4.90 Å². The fourth-order valence-electron chi connectivity index (χ4n) is 2.09. The lowest BCUT2D eigenvalue weighted by Gasteiger charge is -2.44. The maximum atomic E-state index is 5.98. The lowest BCUT2D eigenvalue weighted by atomic mass is 9.85. The third-order valence-corrected chi connectivity index (χ3v) is 3.62. The molecule has 0 aliphatic rings. The van der Waals surface area contributed by atoms with Gasteiger partial charge in [-0.1, -0.05) is 27.7 Å².